The fraction of sp³-hybridized carbons (Fsp3) is 0.100. The van der Waals surface area contributed by atoms with Gasteiger partial charge < -0.3 is 9.15 Å². The molecule has 0 spiro atoms. The third-order valence-corrected chi connectivity index (χ3v) is 2.60. The predicted octanol–water partition coefficient (Wildman–Crippen LogP) is 3.02. The average Bonchev–Trinajstić information content (AvgIpc) is 2.62. The number of carbonyl (C=O) groups is 1. The van der Waals surface area contributed by atoms with Gasteiger partial charge in [0.1, 0.15) is 16.9 Å². The van der Waals surface area contributed by atoms with Gasteiger partial charge in [-0.25, -0.2) is 0 Å². The van der Waals surface area contributed by atoms with E-state index in [1.54, 1.807) is 12.3 Å². The Labute approximate surface area is 88.8 Å². The molecule has 14 heavy (non-hydrogen) atoms. The molecular weight excluding hydrogens is 248 g/mol. The number of hydrogen-bond acceptors (Lipinski definition) is 3. The van der Waals surface area contributed by atoms with Gasteiger partial charge in [-0.05, 0) is 28.1 Å². The van der Waals surface area contributed by atoms with Gasteiger partial charge in [-0.3, -0.25) is 4.79 Å². The van der Waals surface area contributed by atoms with Gasteiger partial charge in [0.25, 0.3) is 0 Å². The van der Waals surface area contributed by atoms with Crippen molar-refractivity contribution in [3.05, 3.63) is 28.4 Å². The van der Waals surface area contributed by atoms with Gasteiger partial charge in [0.05, 0.1) is 17.8 Å². The van der Waals surface area contributed by atoms with Crippen molar-refractivity contribution in [2.45, 2.75) is 0 Å². The molecule has 0 aliphatic rings. The van der Waals surface area contributed by atoms with Crippen molar-refractivity contribution >= 4 is 33.2 Å². The van der Waals surface area contributed by atoms with Crippen LogP contribution in [-0.4, -0.2) is 13.4 Å². The standard InChI is InChI=1S/C10H7BrO3/c1-13-10-7(5-12)9-6(2-3-14-9)4-8(10)11/h2-5H,1H3. The maximum absolute atomic E-state index is 10.9. The summed E-state index contributed by atoms with van der Waals surface area (Å²) in [5.74, 6) is 0.502. The largest absolute Gasteiger partial charge is 0.495 e. The second-order valence-corrected chi connectivity index (χ2v) is 3.62. The predicted molar refractivity (Wildman–Crippen MR) is 55.9 cm³/mol. The number of fused-ring (bicyclic) bond motifs is 1. The molecule has 1 heterocycles. The molecule has 0 fully saturated rings. The molecule has 0 saturated carbocycles. The minimum Gasteiger partial charge on any atom is -0.495 e. The molecule has 2 aromatic rings. The van der Waals surface area contributed by atoms with Crippen molar-refractivity contribution in [2.24, 2.45) is 0 Å². The number of furan rings is 1. The van der Waals surface area contributed by atoms with Gasteiger partial charge in [-0.2, -0.15) is 0 Å². The normalized spacial score (nSPS) is 10.4. The number of halogens is 1. The summed E-state index contributed by atoms with van der Waals surface area (Å²) in [4.78, 5) is 10.9. The molecule has 4 heteroatoms. The minimum absolute atomic E-state index is 0.432. The smallest absolute Gasteiger partial charge is 0.157 e. The van der Waals surface area contributed by atoms with E-state index >= 15 is 0 Å². The lowest BCUT2D eigenvalue weighted by atomic mass is 10.1. The molecule has 1 aromatic heterocycles. The summed E-state index contributed by atoms with van der Waals surface area (Å²) in [6.07, 6.45) is 2.28. The molecule has 0 aliphatic carbocycles. The second-order valence-electron chi connectivity index (χ2n) is 2.76. The maximum Gasteiger partial charge on any atom is 0.157 e. The highest BCUT2D eigenvalue weighted by Crippen LogP contribution is 2.34. The summed E-state index contributed by atoms with van der Waals surface area (Å²) in [6, 6.07) is 3.65. The van der Waals surface area contributed by atoms with Crippen molar-refractivity contribution in [2.75, 3.05) is 7.11 Å². The SMILES string of the molecule is COc1c(Br)cc2ccoc2c1C=O. The molecule has 0 unspecified atom stereocenters. The number of rotatable bonds is 2. The number of ether oxygens (including phenoxy) is 1. The van der Waals surface area contributed by atoms with Crippen LogP contribution in [0.3, 0.4) is 0 Å². The van der Waals surface area contributed by atoms with Gasteiger partial charge in [-0.15, -0.1) is 0 Å². The highest BCUT2D eigenvalue weighted by atomic mass is 79.9. The Morgan fingerprint density at radius 1 is 1.57 bits per heavy atom. The lowest BCUT2D eigenvalue weighted by molar-refractivity contribution is 0.112. The van der Waals surface area contributed by atoms with E-state index in [-0.39, 0.29) is 0 Å². The zero-order valence-corrected chi connectivity index (χ0v) is 9.00. The van der Waals surface area contributed by atoms with E-state index in [9.17, 15) is 4.79 Å². The number of methoxy groups -OCH3 is 1. The van der Waals surface area contributed by atoms with Crippen LogP contribution >= 0.6 is 15.9 Å². The van der Waals surface area contributed by atoms with Crippen LogP contribution in [0.25, 0.3) is 11.0 Å². The van der Waals surface area contributed by atoms with Crippen molar-refractivity contribution < 1.29 is 13.9 Å². The summed E-state index contributed by atoms with van der Waals surface area (Å²) in [5, 5.41) is 0.875. The van der Waals surface area contributed by atoms with Gasteiger partial charge in [-0.1, -0.05) is 0 Å². The zero-order valence-electron chi connectivity index (χ0n) is 7.41. The number of hydrogen-bond donors (Lipinski definition) is 0. The Balaban J connectivity index is 2.88. The molecule has 0 radical (unpaired) electrons. The summed E-state index contributed by atoms with van der Waals surface area (Å²) < 4.78 is 11.1. The highest BCUT2D eigenvalue weighted by molar-refractivity contribution is 9.10. The molecule has 0 amide bonds. The molecular formula is C10H7BrO3. The van der Waals surface area contributed by atoms with E-state index in [1.165, 1.54) is 7.11 Å². The van der Waals surface area contributed by atoms with Crippen LogP contribution in [-0.2, 0) is 0 Å². The van der Waals surface area contributed by atoms with Crippen molar-refractivity contribution in [1.29, 1.82) is 0 Å². The van der Waals surface area contributed by atoms with E-state index < -0.39 is 0 Å². The van der Waals surface area contributed by atoms with Crippen molar-refractivity contribution in [1.82, 2.24) is 0 Å². The quantitative estimate of drug-likeness (QED) is 0.774. The van der Waals surface area contributed by atoms with Crippen LogP contribution in [0.1, 0.15) is 10.4 Å². The van der Waals surface area contributed by atoms with Gasteiger partial charge in [0, 0.05) is 5.39 Å². The van der Waals surface area contributed by atoms with E-state index in [2.05, 4.69) is 15.9 Å². The minimum atomic E-state index is 0.432. The van der Waals surface area contributed by atoms with Gasteiger partial charge >= 0.3 is 0 Å². The van der Waals surface area contributed by atoms with Gasteiger partial charge in [0.15, 0.2) is 6.29 Å². The van der Waals surface area contributed by atoms with Crippen LogP contribution in [0.4, 0.5) is 0 Å². The van der Waals surface area contributed by atoms with Crippen molar-refractivity contribution in [3.63, 3.8) is 0 Å². The summed E-state index contributed by atoms with van der Waals surface area (Å²) >= 11 is 3.33. The highest BCUT2D eigenvalue weighted by Gasteiger charge is 2.14. The Bertz CT molecular complexity index is 487. The Hall–Kier alpha value is -1.29. The van der Waals surface area contributed by atoms with Crippen LogP contribution in [0.2, 0.25) is 0 Å². The van der Waals surface area contributed by atoms with E-state index in [0.717, 1.165) is 16.1 Å². The molecule has 1 aromatic carbocycles. The first-order valence-electron chi connectivity index (χ1n) is 3.96. The maximum atomic E-state index is 10.9. The fourth-order valence-corrected chi connectivity index (χ4v) is 2.02. The van der Waals surface area contributed by atoms with E-state index in [4.69, 9.17) is 9.15 Å². The van der Waals surface area contributed by atoms with Crippen molar-refractivity contribution in [3.8, 4) is 5.75 Å². The first kappa shape index (κ1) is 9.27. The van der Waals surface area contributed by atoms with Crippen LogP contribution in [0.15, 0.2) is 27.3 Å². The zero-order chi connectivity index (χ0) is 10.1. The number of aldehydes is 1. The van der Waals surface area contributed by atoms with Crippen LogP contribution in [0.5, 0.6) is 5.75 Å². The fourth-order valence-electron chi connectivity index (χ4n) is 1.40. The second kappa shape index (κ2) is 3.46. The van der Waals surface area contributed by atoms with E-state index in [1.807, 2.05) is 6.07 Å². The molecule has 0 bridgehead atoms. The van der Waals surface area contributed by atoms with E-state index in [0.29, 0.717) is 16.9 Å². The molecule has 3 nitrogen and oxygen atoms in total. The summed E-state index contributed by atoms with van der Waals surface area (Å²) in [7, 11) is 1.52. The monoisotopic (exact) mass is 254 g/mol. The first-order chi connectivity index (χ1) is 6.77. The van der Waals surface area contributed by atoms with Crippen LogP contribution < -0.4 is 4.74 Å². The molecule has 0 aliphatic heterocycles. The van der Waals surface area contributed by atoms with Crippen LogP contribution in [0, 0.1) is 0 Å². The lowest BCUT2D eigenvalue weighted by Gasteiger charge is -2.05. The molecule has 0 atom stereocenters. The molecule has 2 rings (SSSR count). The third kappa shape index (κ3) is 1.23. The topological polar surface area (TPSA) is 39.4 Å². The Morgan fingerprint density at radius 3 is 3.00 bits per heavy atom. The molecule has 72 valence electrons. The summed E-state index contributed by atoms with van der Waals surface area (Å²) in [5.41, 5.74) is 0.988. The molecule has 0 saturated heterocycles. The first-order valence-corrected chi connectivity index (χ1v) is 4.76. The third-order valence-electron chi connectivity index (χ3n) is 2.01. The lowest BCUT2D eigenvalue weighted by Crippen LogP contribution is -1.92. The Kier molecular flexibility index (Phi) is 2.29. The summed E-state index contributed by atoms with van der Waals surface area (Å²) in [6.45, 7) is 0. The Morgan fingerprint density at radius 2 is 2.36 bits per heavy atom. The number of benzene rings is 1. The molecule has 0 N–H and O–H groups in total. The average molecular weight is 255 g/mol. The number of carbonyl (C=O) groups excluding carboxylic acids is 1. The van der Waals surface area contributed by atoms with Gasteiger partial charge in [0.2, 0.25) is 0 Å².